The molecular weight excluding hydrogens is 222 g/mol. The van der Waals surface area contributed by atoms with Crippen LogP contribution in [-0.4, -0.2) is 61.1 Å². The Kier molecular flexibility index (Phi) is 3.98. The van der Waals surface area contributed by atoms with Gasteiger partial charge in [-0.2, -0.15) is 0 Å². The second kappa shape index (κ2) is 5.47. The van der Waals surface area contributed by atoms with Crippen molar-refractivity contribution in [2.45, 2.75) is 0 Å². The lowest BCUT2D eigenvalue weighted by atomic mass is 10.3. The third-order valence-corrected chi connectivity index (χ3v) is 3.61. The molecule has 0 aliphatic carbocycles. The number of hydrogen-bond donors (Lipinski definition) is 2. The molecule has 0 bridgehead atoms. The molecule has 0 saturated carbocycles. The minimum absolute atomic E-state index is 0.766. The first-order chi connectivity index (χ1) is 7.74. The van der Waals surface area contributed by atoms with E-state index in [1.165, 1.54) is 24.4 Å². The third-order valence-electron chi connectivity index (χ3n) is 2.82. The fourth-order valence-electron chi connectivity index (χ4n) is 1.76. The number of rotatable bonds is 4. The molecule has 5 nitrogen and oxygen atoms in total. The first kappa shape index (κ1) is 11.6. The van der Waals surface area contributed by atoms with E-state index >= 15 is 0 Å². The lowest BCUT2D eigenvalue weighted by molar-refractivity contribution is 0.158. The molecule has 1 fully saturated rings. The van der Waals surface area contributed by atoms with Gasteiger partial charge in [-0.25, -0.2) is 4.98 Å². The molecule has 1 aliphatic rings. The molecule has 16 heavy (non-hydrogen) atoms. The van der Waals surface area contributed by atoms with Crippen molar-refractivity contribution in [3.05, 3.63) is 6.20 Å². The number of nitrogens with two attached hydrogens (primary N) is 1. The molecule has 6 heteroatoms. The van der Waals surface area contributed by atoms with Gasteiger partial charge in [0, 0.05) is 39.3 Å². The van der Waals surface area contributed by atoms with Crippen LogP contribution >= 0.6 is 11.3 Å². The predicted molar refractivity (Wildman–Crippen MR) is 69.0 cm³/mol. The molecule has 90 valence electrons. The number of piperazine rings is 1. The lowest BCUT2D eigenvalue weighted by Crippen LogP contribution is -2.45. The van der Waals surface area contributed by atoms with Crippen molar-refractivity contribution in [2.24, 2.45) is 0 Å². The van der Waals surface area contributed by atoms with Gasteiger partial charge in [0.15, 0.2) is 5.13 Å². The summed E-state index contributed by atoms with van der Waals surface area (Å²) in [4.78, 5) is 9.01. The van der Waals surface area contributed by atoms with E-state index in [4.69, 9.17) is 5.73 Å². The molecular formula is C10H19N5S. The topological polar surface area (TPSA) is 57.4 Å². The quantitative estimate of drug-likeness (QED) is 0.798. The van der Waals surface area contributed by atoms with Gasteiger partial charge < -0.3 is 16.0 Å². The van der Waals surface area contributed by atoms with Crippen LogP contribution < -0.4 is 11.1 Å². The summed E-state index contributed by atoms with van der Waals surface area (Å²) in [5.74, 6) is 0. The average Bonchev–Trinajstić information content (AvgIpc) is 2.67. The summed E-state index contributed by atoms with van der Waals surface area (Å²) in [5, 5.41) is 4.98. The van der Waals surface area contributed by atoms with Crippen molar-refractivity contribution < 1.29 is 0 Å². The molecule has 0 atom stereocenters. The van der Waals surface area contributed by atoms with E-state index in [1.807, 2.05) is 0 Å². The van der Waals surface area contributed by atoms with E-state index in [2.05, 4.69) is 27.1 Å². The number of anilines is 2. The van der Waals surface area contributed by atoms with Crippen molar-refractivity contribution in [2.75, 3.05) is 57.4 Å². The number of likely N-dealkylation sites (N-methyl/N-ethyl adjacent to an activating group) is 1. The van der Waals surface area contributed by atoms with Crippen molar-refractivity contribution >= 4 is 21.5 Å². The van der Waals surface area contributed by atoms with Gasteiger partial charge in [0.05, 0.1) is 6.20 Å². The summed E-state index contributed by atoms with van der Waals surface area (Å²) in [6.45, 7) is 6.69. The Labute approximate surface area is 100 Å². The Bertz CT molecular complexity index is 319. The minimum Gasteiger partial charge on any atom is -0.389 e. The van der Waals surface area contributed by atoms with Gasteiger partial charge in [-0.05, 0) is 7.05 Å². The number of hydrogen-bond acceptors (Lipinski definition) is 6. The van der Waals surface area contributed by atoms with Crippen LogP contribution in [0.5, 0.6) is 0 Å². The highest BCUT2D eigenvalue weighted by Gasteiger charge is 2.12. The maximum absolute atomic E-state index is 5.61. The number of aromatic nitrogens is 1. The van der Waals surface area contributed by atoms with Crippen LogP contribution in [-0.2, 0) is 0 Å². The third kappa shape index (κ3) is 3.33. The fourth-order valence-corrected chi connectivity index (χ4v) is 2.37. The zero-order chi connectivity index (χ0) is 11.4. The molecule has 2 rings (SSSR count). The van der Waals surface area contributed by atoms with Crippen LogP contribution in [0.15, 0.2) is 6.20 Å². The monoisotopic (exact) mass is 241 g/mol. The van der Waals surface area contributed by atoms with Crippen molar-refractivity contribution in [1.82, 2.24) is 14.8 Å². The highest BCUT2D eigenvalue weighted by Crippen LogP contribution is 2.18. The largest absolute Gasteiger partial charge is 0.389 e. The zero-order valence-corrected chi connectivity index (χ0v) is 10.5. The van der Waals surface area contributed by atoms with E-state index in [-0.39, 0.29) is 0 Å². The predicted octanol–water partition coefficient (Wildman–Crippen LogP) is 0.385. The highest BCUT2D eigenvalue weighted by atomic mass is 32.1. The Morgan fingerprint density at radius 3 is 2.81 bits per heavy atom. The van der Waals surface area contributed by atoms with Crippen molar-refractivity contribution in [3.63, 3.8) is 0 Å². The molecule has 0 unspecified atom stereocenters. The molecule has 1 aromatic rings. The summed E-state index contributed by atoms with van der Waals surface area (Å²) in [7, 11) is 2.17. The molecule has 0 aromatic carbocycles. The number of thiazole rings is 1. The van der Waals surface area contributed by atoms with E-state index in [1.54, 1.807) is 6.20 Å². The van der Waals surface area contributed by atoms with Gasteiger partial charge in [-0.15, -0.1) is 0 Å². The standard InChI is InChI=1S/C10H19N5S/c1-14-4-6-15(7-5-14)3-2-12-10-13-8-9(11)16-10/h8H,2-7,11H2,1H3,(H,12,13). The Morgan fingerprint density at radius 1 is 1.44 bits per heavy atom. The van der Waals surface area contributed by atoms with Crippen LogP contribution in [0.1, 0.15) is 0 Å². The Balaban J connectivity index is 1.64. The zero-order valence-electron chi connectivity index (χ0n) is 9.65. The van der Waals surface area contributed by atoms with Gasteiger partial charge in [0.1, 0.15) is 5.00 Å². The van der Waals surface area contributed by atoms with E-state index in [0.29, 0.717) is 0 Å². The first-order valence-corrected chi connectivity index (χ1v) is 6.42. The molecule has 1 saturated heterocycles. The maximum Gasteiger partial charge on any atom is 0.184 e. The van der Waals surface area contributed by atoms with Crippen molar-refractivity contribution in [3.8, 4) is 0 Å². The van der Waals surface area contributed by atoms with Gasteiger partial charge in [0.2, 0.25) is 0 Å². The highest BCUT2D eigenvalue weighted by molar-refractivity contribution is 7.19. The summed E-state index contributed by atoms with van der Waals surface area (Å²) in [6, 6.07) is 0. The lowest BCUT2D eigenvalue weighted by Gasteiger charge is -2.32. The number of nitrogens with zero attached hydrogens (tertiary/aromatic N) is 3. The maximum atomic E-state index is 5.61. The molecule has 3 N–H and O–H groups in total. The van der Waals surface area contributed by atoms with Crippen LogP contribution in [0.3, 0.4) is 0 Å². The summed E-state index contributed by atoms with van der Waals surface area (Å²) in [6.07, 6.45) is 1.70. The number of nitrogen functional groups attached to an aromatic ring is 1. The molecule has 2 heterocycles. The van der Waals surface area contributed by atoms with Crippen LogP contribution in [0.4, 0.5) is 10.1 Å². The Hall–Kier alpha value is -0.850. The fraction of sp³-hybridized carbons (Fsp3) is 0.700. The van der Waals surface area contributed by atoms with Gasteiger partial charge in [-0.1, -0.05) is 11.3 Å². The van der Waals surface area contributed by atoms with Crippen LogP contribution in [0.2, 0.25) is 0 Å². The SMILES string of the molecule is CN1CCN(CCNc2ncc(N)s2)CC1. The second-order valence-electron chi connectivity index (χ2n) is 4.14. The number of nitrogens with one attached hydrogen (secondary N) is 1. The van der Waals surface area contributed by atoms with Crippen LogP contribution in [0, 0.1) is 0 Å². The molecule has 1 aromatic heterocycles. The molecule has 1 aliphatic heterocycles. The smallest absolute Gasteiger partial charge is 0.184 e. The van der Waals surface area contributed by atoms with E-state index in [9.17, 15) is 0 Å². The van der Waals surface area contributed by atoms with Gasteiger partial charge in [-0.3, -0.25) is 4.90 Å². The Morgan fingerprint density at radius 2 is 2.19 bits per heavy atom. The van der Waals surface area contributed by atoms with E-state index < -0.39 is 0 Å². The molecule has 0 amide bonds. The normalized spacial score (nSPS) is 18.8. The van der Waals surface area contributed by atoms with E-state index in [0.717, 1.165) is 36.3 Å². The minimum atomic E-state index is 0.766. The summed E-state index contributed by atoms with van der Waals surface area (Å²) >= 11 is 1.50. The van der Waals surface area contributed by atoms with Gasteiger partial charge >= 0.3 is 0 Å². The average molecular weight is 241 g/mol. The second-order valence-corrected chi connectivity index (χ2v) is 5.20. The van der Waals surface area contributed by atoms with Gasteiger partial charge in [0.25, 0.3) is 0 Å². The molecule has 0 radical (unpaired) electrons. The summed E-state index contributed by atoms with van der Waals surface area (Å²) < 4.78 is 0. The van der Waals surface area contributed by atoms with Crippen molar-refractivity contribution in [1.29, 1.82) is 0 Å². The summed E-state index contributed by atoms with van der Waals surface area (Å²) in [5.41, 5.74) is 5.61. The van der Waals surface area contributed by atoms with Crippen LogP contribution in [0.25, 0.3) is 0 Å². The molecule has 0 spiro atoms. The first-order valence-electron chi connectivity index (χ1n) is 5.60.